The number of nitrogens with two attached hydrogens (primary N) is 1. The second-order valence-electron chi connectivity index (χ2n) is 3.57. The van der Waals surface area contributed by atoms with Gasteiger partial charge in [-0.05, 0) is 19.1 Å². The van der Waals surface area contributed by atoms with E-state index in [4.69, 9.17) is 5.73 Å². The van der Waals surface area contributed by atoms with Gasteiger partial charge in [-0.2, -0.15) is 4.98 Å². The molecule has 1 heterocycles. The molecule has 1 aromatic heterocycles. The van der Waals surface area contributed by atoms with Crippen molar-refractivity contribution in [2.75, 3.05) is 11.1 Å². The molecule has 0 aliphatic carbocycles. The van der Waals surface area contributed by atoms with Crippen molar-refractivity contribution in [3.63, 3.8) is 0 Å². The molecule has 2 aromatic rings. The van der Waals surface area contributed by atoms with Crippen LogP contribution in [-0.4, -0.2) is 21.0 Å². The van der Waals surface area contributed by atoms with Crippen LogP contribution in [-0.2, 0) is 0 Å². The quantitative estimate of drug-likeness (QED) is 0.625. The summed E-state index contributed by atoms with van der Waals surface area (Å²) in [6.45, 7) is 1.74. The second-order valence-corrected chi connectivity index (χ2v) is 3.57. The number of aromatic nitrogens is 2. The SMILES string of the molecule is Cc1[nH]c(N)nc1NC(=O)c1ccccc1O. The van der Waals surface area contributed by atoms with Gasteiger partial charge in [0.05, 0.1) is 11.3 Å². The highest BCUT2D eigenvalue weighted by Crippen LogP contribution is 2.18. The lowest BCUT2D eigenvalue weighted by atomic mass is 10.2. The van der Waals surface area contributed by atoms with Crippen molar-refractivity contribution < 1.29 is 9.90 Å². The molecule has 0 saturated heterocycles. The summed E-state index contributed by atoms with van der Waals surface area (Å²) in [6.07, 6.45) is 0. The van der Waals surface area contributed by atoms with E-state index < -0.39 is 5.91 Å². The Hall–Kier alpha value is -2.50. The summed E-state index contributed by atoms with van der Waals surface area (Å²) in [5.74, 6) is 0.0784. The first-order valence-corrected chi connectivity index (χ1v) is 4.99. The molecule has 6 nitrogen and oxygen atoms in total. The fraction of sp³-hybridized carbons (Fsp3) is 0.0909. The van der Waals surface area contributed by atoms with Crippen molar-refractivity contribution in [1.82, 2.24) is 9.97 Å². The molecule has 5 N–H and O–H groups in total. The van der Waals surface area contributed by atoms with Gasteiger partial charge in [0.25, 0.3) is 5.91 Å². The van der Waals surface area contributed by atoms with Crippen molar-refractivity contribution in [2.45, 2.75) is 6.92 Å². The van der Waals surface area contributed by atoms with Gasteiger partial charge in [-0.25, -0.2) is 0 Å². The Balaban J connectivity index is 2.23. The van der Waals surface area contributed by atoms with Crippen LogP contribution in [0.5, 0.6) is 5.75 Å². The van der Waals surface area contributed by atoms with E-state index in [0.29, 0.717) is 11.5 Å². The number of phenolic OH excluding ortho intramolecular Hbond substituents is 1. The number of imidazole rings is 1. The number of carbonyl (C=O) groups excluding carboxylic acids is 1. The third-order valence-electron chi connectivity index (χ3n) is 2.28. The van der Waals surface area contributed by atoms with Gasteiger partial charge in [0, 0.05) is 0 Å². The maximum atomic E-state index is 11.8. The van der Waals surface area contributed by atoms with Crippen LogP contribution in [0.2, 0.25) is 0 Å². The van der Waals surface area contributed by atoms with Gasteiger partial charge in [-0.3, -0.25) is 4.79 Å². The molecule has 88 valence electrons. The van der Waals surface area contributed by atoms with E-state index in [-0.39, 0.29) is 17.3 Å². The van der Waals surface area contributed by atoms with E-state index in [2.05, 4.69) is 15.3 Å². The summed E-state index contributed by atoms with van der Waals surface area (Å²) < 4.78 is 0. The topological polar surface area (TPSA) is 104 Å². The number of amides is 1. The van der Waals surface area contributed by atoms with Gasteiger partial charge in [-0.15, -0.1) is 0 Å². The Morgan fingerprint density at radius 3 is 2.76 bits per heavy atom. The van der Waals surface area contributed by atoms with Crippen LogP contribution in [0.1, 0.15) is 16.1 Å². The van der Waals surface area contributed by atoms with Crippen LogP contribution >= 0.6 is 0 Å². The maximum Gasteiger partial charge on any atom is 0.260 e. The molecule has 0 unspecified atom stereocenters. The highest BCUT2D eigenvalue weighted by atomic mass is 16.3. The van der Waals surface area contributed by atoms with Crippen molar-refractivity contribution >= 4 is 17.7 Å². The number of nitrogen functional groups attached to an aromatic ring is 1. The van der Waals surface area contributed by atoms with Crippen LogP contribution in [0.25, 0.3) is 0 Å². The van der Waals surface area contributed by atoms with Crippen LogP contribution in [0.15, 0.2) is 24.3 Å². The summed E-state index contributed by atoms with van der Waals surface area (Å²) in [5.41, 5.74) is 6.30. The average molecular weight is 232 g/mol. The number of carbonyl (C=O) groups is 1. The number of rotatable bonds is 2. The van der Waals surface area contributed by atoms with E-state index in [9.17, 15) is 9.90 Å². The number of hydrogen-bond acceptors (Lipinski definition) is 4. The zero-order valence-corrected chi connectivity index (χ0v) is 9.19. The van der Waals surface area contributed by atoms with Crippen LogP contribution < -0.4 is 11.1 Å². The molecular formula is C11H12N4O2. The molecule has 0 aliphatic heterocycles. The molecule has 1 aromatic carbocycles. The Morgan fingerprint density at radius 1 is 1.47 bits per heavy atom. The number of para-hydroxylation sites is 1. The van der Waals surface area contributed by atoms with Gasteiger partial charge < -0.3 is 21.1 Å². The number of benzene rings is 1. The monoisotopic (exact) mass is 232 g/mol. The van der Waals surface area contributed by atoms with Crippen LogP contribution in [0.4, 0.5) is 11.8 Å². The number of hydrogen-bond donors (Lipinski definition) is 4. The largest absolute Gasteiger partial charge is 0.507 e. The van der Waals surface area contributed by atoms with Crippen molar-refractivity contribution in [3.05, 3.63) is 35.5 Å². The molecule has 2 rings (SSSR count). The molecule has 1 amide bonds. The summed E-state index contributed by atoms with van der Waals surface area (Å²) in [6, 6.07) is 6.28. The van der Waals surface area contributed by atoms with E-state index >= 15 is 0 Å². The van der Waals surface area contributed by atoms with Crippen molar-refractivity contribution in [2.24, 2.45) is 0 Å². The molecule has 0 atom stereocenters. The number of nitrogens with zero attached hydrogens (tertiary/aromatic N) is 1. The second kappa shape index (κ2) is 4.17. The number of aromatic amines is 1. The number of phenols is 1. The molecule has 0 fully saturated rings. The summed E-state index contributed by atoms with van der Waals surface area (Å²) in [4.78, 5) is 18.5. The molecule has 6 heteroatoms. The first-order valence-electron chi connectivity index (χ1n) is 4.99. The predicted octanol–water partition coefficient (Wildman–Crippen LogP) is 1.26. The van der Waals surface area contributed by atoms with E-state index in [0.717, 1.165) is 0 Å². The summed E-state index contributed by atoms with van der Waals surface area (Å²) >= 11 is 0. The summed E-state index contributed by atoms with van der Waals surface area (Å²) in [5, 5.41) is 12.1. The lowest BCUT2D eigenvalue weighted by Crippen LogP contribution is -2.13. The van der Waals surface area contributed by atoms with Gasteiger partial charge in [-0.1, -0.05) is 12.1 Å². The number of anilines is 2. The molecule has 0 radical (unpaired) electrons. The minimum Gasteiger partial charge on any atom is -0.507 e. The number of aromatic hydroxyl groups is 1. The lowest BCUT2D eigenvalue weighted by Gasteiger charge is -2.04. The maximum absolute atomic E-state index is 11.8. The number of aryl methyl sites for hydroxylation is 1. The van der Waals surface area contributed by atoms with E-state index in [1.54, 1.807) is 19.1 Å². The first-order chi connectivity index (χ1) is 8.08. The highest BCUT2D eigenvalue weighted by Gasteiger charge is 2.13. The molecule has 0 saturated carbocycles. The molecular weight excluding hydrogens is 220 g/mol. The van der Waals surface area contributed by atoms with Crippen molar-refractivity contribution in [3.8, 4) is 5.75 Å². The van der Waals surface area contributed by atoms with Gasteiger partial charge in [0.15, 0.2) is 11.8 Å². The van der Waals surface area contributed by atoms with Crippen molar-refractivity contribution in [1.29, 1.82) is 0 Å². The lowest BCUT2D eigenvalue weighted by molar-refractivity contribution is 0.102. The number of H-pyrrole nitrogens is 1. The third-order valence-corrected chi connectivity index (χ3v) is 2.28. The van der Waals surface area contributed by atoms with Crippen LogP contribution in [0.3, 0.4) is 0 Å². The summed E-state index contributed by atoms with van der Waals surface area (Å²) in [7, 11) is 0. The van der Waals surface area contributed by atoms with Gasteiger partial charge in [0.2, 0.25) is 0 Å². The minimum atomic E-state index is -0.433. The Morgan fingerprint density at radius 2 is 2.18 bits per heavy atom. The Labute approximate surface area is 97.5 Å². The van der Waals surface area contributed by atoms with Crippen LogP contribution in [0, 0.1) is 6.92 Å². The van der Waals surface area contributed by atoms with Gasteiger partial charge in [0.1, 0.15) is 5.75 Å². The zero-order chi connectivity index (χ0) is 12.4. The zero-order valence-electron chi connectivity index (χ0n) is 9.19. The standard InChI is InChI=1S/C11H12N4O2/c1-6-9(15-11(12)13-6)14-10(17)7-4-2-3-5-8(7)16/h2-5,16H,1H3,(H,14,17)(H3,12,13,15). The normalized spacial score (nSPS) is 10.2. The Kier molecular flexibility index (Phi) is 2.70. The van der Waals surface area contributed by atoms with E-state index in [1.165, 1.54) is 12.1 Å². The average Bonchev–Trinajstić information content (AvgIpc) is 2.58. The third kappa shape index (κ3) is 2.20. The highest BCUT2D eigenvalue weighted by molar-refractivity contribution is 6.05. The minimum absolute atomic E-state index is 0.0776. The molecule has 0 aliphatic rings. The van der Waals surface area contributed by atoms with E-state index in [1.807, 2.05) is 0 Å². The molecule has 0 bridgehead atoms. The molecule has 17 heavy (non-hydrogen) atoms. The first kappa shape index (κ1) is 11.0. The fourth-order valence-corrected chi connectivity index (χ4v) is 1.45. The fourth-order valence-electron chi connectivity index (χ4n) is 1.45. The molecule has 0 spiro atoms. The predicted molar refractivity (Wildman–Crippen MR) is 63.8 cm³/mol. The Bertz CT molecular complexity index is 562. The smallest absolute Gasteiger partial charge is 0.260 e. The number of nitrogens with one attached hydrogen (secondary N) is 2. The van der Waals surface area contributed by atoms with Gasteiger partial charge >= 0.3 is 0 Å².